The number of pyridine rings is 1. The molecule has 0 aliphatic carbocycles. The molecular formula is C22H19N5O2. The van der Waals surface area contributed by atoms with Crippen molar-refractivity contribution in [3.8, 4) is 11.3 Å². The number of carbonyl (C=O) groups is 1. The van der Waals surface area contributed by atoms with Gasteiger partial charge in [-0.1, -0.05) is 6.07 Å². The molecule has 0 atom stereocenters. The van der Waals surface area contributed by atoms with Crippen molar-refractivity contribution in [1.29, 1.82) is 0 Å². The molecule has 7 heteroatoms. The molecule has 0 fully saturated rings. The number of rotatable bonds is 5. The fraction of sp³-hybridized carbons (Fsp3) is 0.0909. The molecule has 3 aromatic heterocycles. The van der Waals surface area contributed by atoms with Crippen molar-refractivity contribution in [2.45, 2.75) is 13.8 Å². The molecule has 0 saturated heterocycles. The SMILES string of the molecule is Cc1ccc(NC(=O)c2occc2C)cc1Nc1nccc(-c2cccnc2)n1. The lowest BCUT2D eigenvalue weighted by molar-refractivity contribution is 0.0996. The van der Waals surface area contributed by atoms with Gasteiger partial charge >= 0.3 is 0 Å². The Morgan fingerprint density at radius 2 is 1.93 bits per heavy atom. The number of amides is 1. The summed E-state index contributed by atoms with van der Waals surface area (Å²) in [5.74, 6) is 0.463. The smallest absolute Gasteiger partial charge is 0.291 e. The molecule has 1 amide bonds. The molecule has 0 aliphatic rings. The van der Waals surface area contributed by atoms with Crippen LogP contribution in [0.2, 0.25) is 0 Å². The lowest BCUT2D eigenvalue weighted by Gasteiger charge is -2.12. The van der Waals surface area contributed by atoms with Crippen LogP contribution in [0.3, 0.4) is 0 Å². The number of aryl methyl sites for hydroxylation is 2. The Morgan fingerprint density at radius 1 is 1.03 bits per heavy atom. The number of carbonyl (C=O) groups excluding carboxylic acids is 1. The Balaban J connectivity index is 1.56. The van der Waals surface area contributed by atoms with E-state index >= 15 is 0 Å². The van der Waals surface area contributed by atoms with Crippen LogP contribution in [0.15, 0.2) is 71.7 Å². The van der Waals surface area contributed by atoms with Crippen molar-refractivity contribution in [3.05, 3.63) is 84.2 Å². The van der Waals surface area contributed by atoms with Crippen molar-refractivity contribution in [3.63, 3.8) is 0 Å². The second-order valence-corrected chi connectivity index (χ2v) is 6.55. The van der Waals surface area contributed by atoms with Gasteiger partial charge in [0.2, 0.25) is 5.95 Å². The van der Waals surface area contributed by atoms with E-state index in [0.717, 1.165) is 28.1 Å². The zero-order chi connectivity index (χ0) is 20.2. The summed E-state index contributed by atoms with van der Waals surface area (Å²) >= 11 is 0. The fourth-order valence-corrected chi connectivity index (χ4v) is 2.84. The molecule has 29 heavy (non-hydrogen) atoms. The van der Waals surface area contributed by atoms with Crippen LogP contribution in [0, 0.1) is 13.8 Å². The van der Waals surface area contributed by atoms with E-state index in [1.165, 1.54) is 6.26 Å². The van der Waals surface area contributed by atoms with E-state index in [0.29, 0.717) is 17.4 Å². The monoisotopic (exact) mass is 385 g/mol. The number of furan rings is 1. The Hall–Kier alpha value is -4.00. The van der Waals surface area contributed by atoms with E-state index in [1.807, 2.05) is 50.2 Å². The summed E-state index contributed by atoms with van der Waals surface area (Å²) in [5, 5.41) is 6.08. The summed E-state index contributed by atoms with van der Waals surface area (Å²) in [6.45, 7) is 3.79. The number of hydrogen-bond donors (Lipinski definition) is 2. The highest BCUT2D eigenvalue weighted by Crippen LogP contribution is 2.25. The van der Waals surface area contributed by atoms with E-state index in [1.54, 1.807) is 24.7 Å². The summed E-state index contributed by atoms with van der Waals surface area (Å²) in [6, 6.07) is 13.0. The molecule has 0 bridgehead atoms. The number of nitrogens with one attached hydrogen (secondary N) is 2. The molecule has 0 radical (unpaired) electrons. The van der Waals surface area contributed by atoms with Gasteiger partial charge in [-0.25, -0.2) is 9.97 Å². The lowest BCUT2D eigenvalue weighted by Crippen LogP contribution is -2.12. The first-order valence-corrected chi connectivity index (χ1v) is 9.07. The average molecular weight is 385 g/mol. The molecule has 0 aliphatic heterocycles. The largest absolute Gasteiger partial charge is 0.459 e. The minimum atomic E-state index is -0.294. The Kier molecular flexibility index (Phi) is 5.03. The van der Waals surface area contributed by atoms with Crippen LogP contribution in [0.4, 0.5) is 17.3 Å². The van der Waals surface area contributed by atoms with Gasteiger partial charge in [-0.3, -0.25) is 9.78 Å². The quantitative estimate of drug-likeness (QED) is 0.515. The van der Waals surface area contributed by atoms with Gasteiger partial charge in [0.25, 0.3) is 5.91 Å². The van der Waals surface area contributed by atoms with E-state index in [-0.39, 0.29) is 5.91 Å². The molecule has 144 valence electrons. The van der Waals surface area contributed by atoms with Crippen LogP contribution in [-0.4, -0.2) is 20.9 Å². The first kappa shape index (κ1) is 18.4. The molecule has 7 nitrogen and oxygen atoms in total. The minimum absolute atomic E-state index is 0.294. The normalized spacial score (nSPS) is 10.6. The van der Waals surface area contributed by atoms with Crippen molar-refractivity contribution >= 4 is 23.2 Å². The third kappa shape index (κ3) is 4.14. The van der Waals surface area contributed by atoms with Gasteiger partial charge in [-0.15, -0.1) is 0 Å². The highest BCUT2D eigenvalue weighted by atomic mass is 16.3. The van der Waals surface area contributed by atoms with Gasteiger partial charge in [0, 0.05) is 41.1 Å². The molecule has 4 aromatic rings. The minimum Gasteiger partial charge on any atom is -0.459 e. The van der Waals surface area contributed by atoms with Crippen molar-refractivity contribution in [2.75, 3.05) is 10.6 Å². The van der Waals surface area contributed by atoms with Crippen molar-refractivity contribution in [2.24, 2.45) is 0 Å². The zero-order valence-electron chi connectivity index (χ0n) is 16.0. The first-order chi connectivity index (χ1) is 14.1. The van der Waals surface area contributed by atoms with Gasteiger partial charge in [-0.2, -0.15) is 0 Å². The molecule has 4 rings (SSSR count). The van der Waals surface area contributed by atoms with Gasteiger partial charge < -0.3 is 15.1 Å². The summed E-state index contributed by atoms with van der Waals surface area (Å²) in [6.07, 6.45) is 6.67. The Labute approximate surface area is 167 Å². The topological polar surface area (TPSA) is 92.9 Å². The van der Waals surface area contributed by atoms with Gasteiger partial charge in [0.1, 0.15) is 0 Å². The highest BCUT2D eigenvalue weighted by Gasteiger charge is 2.13. The van der Waals surface area contributed by atoms with Gasteiger partial charge in [0.15, 0.2) is 5.76 Å². The number of hydrogen-bond acceptors (Lipinski definition) is 6. The first-order valence-electron chi connectivity index (χ1n) is 9.07. The zero-order valence-corrected chi connectivity index (χ0v) is 16.0. The molecule has 3 heterocycles. The number of nitrogens with zero attached hydrogens (tertiary/aromatic N) is 3. The van der Waals surface area contributed by atoms with Crippen LogP contribution >= 0.6 is 0 Å². The second-order valence-electron chi connectivity index (χ2n) is 6.55. The predicted molar refractivity (Wildman–Crippen MR) is 111 cm³/mol. The third-order valence-corrected chi connectivity index (χ3v) is 4.42. The maximum Gasteiger partial charge on any atom is 0.291 e. The summed E-state index contributed by atoms with van der Waals surface area (Å²) in [5.41, 5.74) is 4.89. The number of aromatic nitrogens is 3. The van der Waals surface area contributed by atoms with E-state index < -0.39 is 0 Å². The Morgan fingerprint density at radius 3 is 2.69 bits per heavy atom. The number of benzene rings is 1. The van der Waals surface area contributed by atoms with E-state index in [9.17, 15) is 4.79 Å². The molecule has 1 aromatic carbocycles. The fourth-order valence-electron chi connectivity index (χ4n) is 2.84. The summed E-state index contributed by atoms with van der Waals surface area (Å²) in [7, 11) is 0. The molecule has 0 spiro atoms. The predicted octanol–water partition coefficient (Wildman–Crippen LogP) is 4.74. The van der Waals surface area contributed by atoms with Crippen molar-refractivity contribution in [1.82, 2.24) is 15.0 Å². The van der Waals surface area contributed by atoms with E-state index in [2.05, 4.69) is 25.6 Å². The van der Waals surface area contributed by atoms with Gasteiger partial charge in [0.05, 0.1) is 12.0 Å². The summed E-state index contributed by atoms with van der Waals surface area (Å²) < 4.78 is 5.25. The van der Waals surface area contributed by atoms with Crippen LogP contribution in [0.5, 0.6) is 0 Å². The molecule has 0 unspecified atom stereocenters. The average Bonchev–Trinajstić information content (AvgIpc) is 3.17. The van der Waals surface area contributed by atoms with Crippen molar-refractivity contribution < 1.29 is 9.21 Å². The maximum atomic E-state index is 12.4. The van der Waals surface area contributed by atoms with E-state index in [4.69, 9.17) is 4.42 Å². The maximum absolute atomic E-state index is 12.4. The van der Waals surface area contributed by atoms with Crippen LogP contribution in [0.25, 0.3) is 11.3 Å². The van der Waals surface area contributed by atoms with Crippen LogP contribution < -0.4 is 10.6 Å². The van der Waals surface area contributed by atoms with Crippen LogP contribution in [-0.2, 0) is 0 Å². The molecule has 2 N–H and O–H groups in total. The Bertz CT molecular complexity index is 1150. The molecule has 0 saturated carbocycles. The third-order valence-electron chi connectivity index (χ3n) is 4.42. The number of anilines is 3. The summed E-state index contributed by atoms with van der Waals surface area (Å²) in [4.78, 5) is 25.4. The second kappa shape index (κ2) is 7.93. The highest BCUT2D eigenvalue weighted by molar-refractivity contribution is 6.03. The van der Waals surface area contributed by atoms with Crippen LogP contribution in [0.1, 0.15) is 21.7 Å². The van der Waals surface area contributed by atoms with Gasteiger partial charge in [-0.05, 0) is 55.8 Å². The molecular weight excluding hydrogens is 366 g/mol. The lowest BCUT2D eigenvalue weighted by atomic mass is 10.1. The standard InChI is InChI=1S/C22H19N5O2/c1-14-5-6-17(25-21(28)20-15(2)8-11-29-20)12-19(14)27-22-24-10-7-18(26-22)16-4-3-9-23-13-16/h3-13H,1-2H3,(H,25,28)(H,24,26,27).